The molecule has 3 aromatic rings. The van der Waals surface area contributed by atoms with Crippen LogP contribution in [0.4, 0.5) is 0 Å². The van der Waals surface area contributed by atoms with E-state index in [0.717, 1.165) is 11.1 Å². The summed E-state index contributed by atoms with van der Waals surface area (Å²) in [6.07, 6.45) is 0. The molecule has 0 atom stereocenters. The molecular weight excluding hydrogens is 272 g/mol. The van der Waals surface area contributed by atoms with Crippen molar-refractivity contribution in [2.45, 2.75) is 6.92 Å². The molecule has 0 aromatic heterocycles. The Morgan fingerprint density at radius 2 is 1.50 bits per heavy atom. The topological polar surface area (TPSA) is 37.3 Å². The van der Waals surface area contributed by atoms with Crippen LogP contribution in [0.15, 0.2) is 72.8 Å². The first-order chi connectivity index (χ1) is 10.7. The lowest BCUT2D eigenvalue weighted by molar-refractivity contribution is 0.103. The van der Waals surface area contributed by atoms with E-state index in [1.54, 1.807) is 24.3 Å². The van der Waals surface area contributed by atoms with Crippen LogP contribution in [0.3, 0.4) is 0 Å². The number of hydrogen-bond donors (Lipinski definition) is 1. The Labute approximate surface area is 129 Å². The number of hydrogen-bond acceptors (Lipinski definition) is 2. The molecule has 0 fully saturated rings. The standard InChI is InChI=1S/C20H16O2/c1-14-11-12-19(21)18(13-14)16-9-5-6-10-17(16)20(22)15-7-3-2-4-8-15/h2-13,21H,1H3. The van der Waals surface area contributed by atoms with Crippen LogP contribution in [0, 0.1) is 6.92 Å². The molecule has 1 N–H and O–H groups in total. The molecule has 0 radical (unpaired) electrons. The Hall–Kier alpha value is -2.87. The van der Waals surface area contributed by atoms with E-state index in [9.17, 15) is 9.90 Å². The number of phenols is 1. The molecule has 2 nitrogen and oxygen atoms in total. The molecule has 3 aromatic carbocycles. The molecule has 0 aliphatic rings. The highest BCUT2D eigenvalue weighted by Crippen LogP contribution is 2.33. The van der Waals surface area contributed by atoms with Crippen molar-refractivity contribution < 1.29 is 9.90 Å². The van der Waals surface area contributed by atoms with Gasteiger partial charge in [0, 0.05) is 16.7 Å². The van der Waals surface area contributed by atoms with E-state index in [0.29, 0.717) is 16.7 Å². The molecule has 2 heteroatoms. The second-order valence-corrected chi connectivity index (χ2v) is 5.26. The molecule has 3 rings (SSSR count). The van der Waals surface area contributed by atoms with Crippen LogP contribution >= 0.6 is 0 Å². The van der Waals surface area contributed by atoms with Crippen molar-refractivity contribution in [3.8, 4) is 16.9 Å². The van der Waals surface area contributed by atoms with E-state index in [-0.39, 0.29) is 11.5 Å². The highest BCUT2D eigenvalue weighted by molar-refractivity contribution is 6.13. The van der Waals surface area contributed by atoms with Gasteiger partial charge >= 0.3 is 0 Å². The number of ketones is 1. The largest absolute Gasteiger partial charge is 0.507 e. The second-order valence-electron chi connectivity index (χ2n) is 5.26. The van der Waals surface area contributed by atoms with Gasteiger partial charge in [-0.25, -0.2) is 0 Å². The summed E-state index contributed by atoms with van der Waals surface area (Å²) >= 11 is 0. The highest BCUT2D eigenvalue weighted by Gasteiger charge is 2.16. The second kappa shape index (κ2) is 5.86. The van der Waals surface area contributed by atoms with Gasteiger partial charge in [-0.1, -0.05) is 66.2 Å². The van der Waals surface area contributed by atoms with Gasteiger partial charge in [0.15, 0.2) is 5.78 Å². The van der Waals surface area contributed by atoms with Gasteiger partial charge in [0.25, 0.3) is 0 Å². The van der Waals surface area contributed by atoms with Crippen molar-refractivity contribution in [1.82, 2.24) is 0 Å². The average molecular weight is 288 g/mol. The lowest BCUT2D eigenvalue weighted by Crippen LogP contribution is -2.03. The zero-order valence-corrected chi connectivity index (χ0v) is 12.3. The highest BCUT2D eigenvalue weighted by atomic mass is 16.3. The maximum atomic E-state index is 12.8. The van der Waals surface area contributed by atoms with Gasteiger partial charge in [-0.15, -0.1) is 0 Å². The third-order valence-corrected chi connectivity index (χ3v) is 3.65. The molecule has 0 aliphatic carbocycles. The number of carbonyl (C=O) groups is 1. The Morgan fingerprint density at radius 3 is 2.27 bits per heavy atom. The molecule has 0 unspecified atom stereocenters. The smallest absolute Gasteiger partial charge is 0.193 e. The van der Waals surface area contributed by atoms with Crippen LogP contribution in [0.5, 0.6) is 5.75 Å². The van der Waals surface area contributed by atoms with Crippen LogP contribution in [0.2, 0.25) is 0 Å². The van der Waals surface area contributed by atoms with E-state index in [4.69, 9.17) is 0 Å². The third-order valence-electron chi connectivity index (χ3n) is 3.65. The number of benzene rings is 3. The molecule has 0 saturated carbocycles. The summed E-state index contributed by atoms with van der Waals surface area (Å²) in [6.45, 7) is 1.96. The predicted octanol–water partition coefficient (Wildman–Crippen LogP) is 4.60. The summed E-state index contributed by atoms with van der Waals surface area (Å²) in [7, 11) is 0. The summed E-state index contributed by atoms with van der Waals surface area (Å²) in [4.78, 5) is 12.8. The summed E-state index contributed by atoms with van der Waals surface area (Å²) in [5.74, 6) is 0.135. The van der Waals surface area contributed by atoms with Crippen molar-refractivity contribution in [3.05, 3.63) is 89.5 Å². The minimum absolute atomic E-state index is 0.0443. The number of aromatic hydroxyl groups is 1. The first kappa shape index (κ1) is 14.1. The Bertz CT molecular complexity index is 820. The minimum Gasteiger partial charge on any atom is -0.507 e. The minimum atomic E-state index is -0.0443. The molecule has 0 heterocycles. The van der Waals surface area contributed by atoms with Crippen molar-refractivity contribution >= 4 is 5.78 Å². The van der Waals surface area contributed by atoms with Gasteiger partial charge in [-0.05, 0) is 24.6 Å². The maximum absolute atomic E-state index is 12.8. The molecular formula is C20H16O2. The fourth-order valence-electron chi connectivity index (χ4n) is 2.53. The fourth-order valence-corrected chi connectivity index (χ4v) is 2.53. The van der Waals surface area contributed by atoms with Crippen LogP contribution < -0.4 is 0 Å². The van der Waals surface area contributed by atoms with Crippen molar-refractivity contribution in [3.63, 3.8) is 0 Å². The lowest BCUT2D eigenvalue weighted by atomic mass is 9.93. The van der Waals surface area contributed by atoms with Gasteiger partial charge in [0.05, 0.1) is 0 Å². The van der Waals surface area contributed by atoms with E-state index >= 15 is 0 Å². The van der Waals surface area contributed by atoms with E-state index in [2.05, 4.69) is 0 Å². The van der Waals surface area contributed by atoms with Gasteiger partial charge < -0.3 is 5.11 Å². The third kappa shape index (κ3) is 2.63. The lowest BCUT2D eigenvalue weighted by Gasteiger charge is -2.11. The summed E-state index contributed by atoms with van der Waals surface area (Å²) in [5.41, 5.74) is 3.70. The van der Waals surface area contributed by atoms with Crippen molar-refractivity contribution in [2.75, 3.05) is 0 Å². The van der Waals surface area contributed by atoms with Crippen molar-refractivity contribution in [1.29, 1.82) is 0 Å². The normalized spacial score (nSPS) is 10.4. The summed E-state index contributed by atoms with van der Waals surface area (Å²) in [6, 6.07) is 22.0. The summed E-state index contributed by atoms with van der Waals surface area (Å²) in [5, 5.41) is 10.2. The SMILES string of the molecule is Cc1ccc(O)c(-c2ccccc2C(=O)c2ccccc2)c1. The zero-order chi connectivity index (χ0) is 15.5. The van der Waals surface area contributed by atoms with E-state index in [1.165, 1.54) is 0 Å². The Kier molecular flexibility index (Phi) is 3.75. The molecule has 0 aliphatic heterocycles. The molecule has 0 saturated heterocycles. The van der Waals surface area contributed by atoms with Crippen LogP contribution in [0.1, 0.15) is 21.5 Å². The molecule has 0 bridgehead atoms. The molecule has 108 valence electrons. The van der Waals surface area contributed by atoms with Crippen LogP contribution in [-0.2, 0) is 0 Å². The van der Waals surface area contributed by atoms with Crippen LogP contribution in [-0.4, -0.2) is 10.9 Å². The van der Waals surface area contributed by atoms with Crippen molar-refractivity contribution in [2.24, 2.45) is 0 Å². The van der Waals surface area contributed by atoms with E-state index in [1.807, 2.05) is 55.5 Å². The van der Waals surface area contributed by atoms with Crippen LogP contribution in [0.25, 0.3) is 11.1 Å². The predicted molar refractivity (Wildman–Crippen MR) is 88.2 cm³/mol. The first-order valence-electron chi connectivity index (χ1n) is 7.15. The molecule has 0 amide bonds. The van der Waals surface area contributed by atoms with Gasteiger partial charge in [-0.2, -0.15) is 0 Å². The first-order valence-corrected chi connectivity index (χ1v) is 7.15. The maximum Gasteiger partial charge on any atom is 0.193 e. The van der Waals surface area contributed by atoms with Gasteiger partial charge in [-0.3, -0.25) is 4.79 Å². The number of rotatable bonds is 3. The van der Waals surface area contributed by atoms with Gasteiger partial charge in [0.2, 0.25) is 0 Å². The monoisotopic (exact) mass is 288 g/mol. The molecule has 22 heavy (non-hydrogen) atoms. The Balaban J connectivity index is 2.15. The average Bonchev–Trinajstić information content (AvgIpc) is 2.57. The zero-order valence-electron chi connectivity index (χ0n) is 12.3. The van der Waals surface area contributed by atoms with E-state index < -0.39 is 0 Å². The number of aryl methyl sites for hydroxylation is 1. The summed E-state index contributed by atoms with van der Waals surface area (Å²) < 4.78 is 0. The Morgan fingerprint density at radius 1 is 0.818 bits per heavy atom. The number of phenolic OH excluding ortho intramolecular Hbond substituents is 1. The van der Waals surface area contributed by atoms with Gasteiger partial charge in [0.1, 0.15) is 5.75 Å². The molecule has 0 spiro atoms. The fraction of sp³-hybridized carbons (Fsp3) is 0.0500. The quantitative estimate of drug-likeness (QED) is 0.715. The number of carbonyl (C=O) groups excluding carboxylic acids is 1.